The minimum atomic E-state index is -0.607. The summed E-state index contributed by atoms with van der Waals surface area (Å²) < 4.78 is 15.8. The molecule has 0 spiro atoms. The fourth-order valence-electron chi connectivity index (χ4n) is 2.28. The predicted octanol–water partition coefficient (Wildman–Crippen LogP) is 4.46. The summed E-state index contributed by atoms with van der Waals surface area (Å²) in [4.78, 5) is 37.4. The first kappa shape index (κ1) is 28.8. The van der Waals surface area contributed by atoms with Crippen molar-refractivity contribution in [3.63, 3.8) is 0 Å². The highest BCUT2D eigenvalue weighted by molar-refractivity contribution is 5.68. The lowest BCUT2D eigenvalue weighted by Gasteiger charge is -2.27. The molecule has 1 radical (unpaired) electrons. The highest BCUT2D eigenvalue weighted by atomic mass is 16.6. The van der Waals surface area contributed by atoms with E-state index in [2.05, 4.69) is 10.6 Å². The van der Waals surface area contributed by atoms with Gasteiger partial charge >= 0.3 is 18.3 Å². The molecule has 9 heteroatoms. The standard InChI is InChI=1S/C22H42N3O6/c1-20(2,3)29-17(26)23-13-10-11-15-25(19(28)31-22(7,8)9)16-12-14-24-18(27)30-21(4,5)6/h10-16H2,1-9H3,(H,23,26). The van der Waals surface area contributed by atoms with Gasteiger partial charge in [0.15, 0.2) is 0 Å². The Morgan fingerprint density at radius 3 is 1.77 bits per heavy atom. The molecular weight excluding hydrogens is 402 g/mol. The molecule has 0 bridgehead atoms. The quantitative estimate of drug-likeness (QED) is 0.415. The lowest BCUT2D eigenvalue weighted by molar-refractivity contribution is 0.0242. The Kier molecular flexibility index (Phi) is 11.7. The molecule has 0 aliphatic carbocycles. The van der Waals surface area contributed by atoms with Gasteiger partial charge in [0.25, 0.3) is 0 Å². The first-order chi connectivity index (χ1) is 14.0. The van der Waals surface area contributed by atoms with Crippen LogP contribution in [0.5, 0.6) is 0 Å². The Bertz CT molecular complexity index is 573. The molecule has 0 aliphatic rings. The number of ether oxygens (including phenoxy) is 3. The van der Waals surface area contributed by atoms with Crippen LogP contribution in [0, 0.1) is 0 Å². The summed E-state index contributed by atoms with van der Waals surface area (Å²) >= 11 is 0. The second-order valence-electron chi connectivity index (χ2n) is 10.3. The van der Waals surface area contributed by atoms with Crippen LogP contribution in [0.3, 0.4) is 0 Å². The number of nitrogens with zero attached hydrogens (tertiary/aromatic N) is 2. The number of carbonyl (C=O) groups excluding carboxylic acids is 3. The summed E-state index contributed by atoms with van der Waals surface area (Å²) in [5.74, 6) is 0. The summed E-state index contributed by atoms with van der Waals surface area (Å²) in [5, 5.41) is 6.57. The van der Waals surface area contributed by atoms with Crippen molar-refractivity contribution in [1.82, 2.24) is 15.5 Å². The fourth-order valence-corrected chi connectivity index (χ4v) is 2.28. The Labute approximate surface area is 187 Å². The molecule has 0 saturated carbocycles. The Balaban J connectivity index is 4.44. The van der Waals surface area contributed by atoms with E-state index in [9.17, 15) is 14.4 Å². The van der Waals surface area contributed by atoms with Crippen LogP contribution < -0.4 is 10.6 Å². The third kappa shape index (κ3) is 18.3. The molecule has 181 valence electrons. The zero-order chi connectivity index (χ0) is 24.3. The molecule has 0 saturated heterocycles. The first-order valence-corrected chi connectivity index (χ1v) is 10.8. The summed E-state index contributed by atoms with van der Waals surface area (Å²) in [5.41, 5.74) is -1.73. The van der Waals surface area contributed by atoms with E-state index in [1.165, 1.54) is 0 Å². The van der Waals surface area contributed by atoms with E-state index in [0.29, 0.717) is 38.9 Å². The number of unbranched alkanes of at least 4 members (excludes halogenated alkanes) is 1. The first-order valence-electron chi connectivity index (χ1n) is 10.8. The number of hydrogen-bond acceptors (Lipinski definition) is 6. The SMILES string of the molecule is CC(C)(C)OC(=O)[N]CCCN(CCCCNC(=O)OC(C)(C)C)C(=O)OC(C)(C)C. The minimum Gasteiger partial charge on any atom is -0.444 e. The van der Waals surface area contributed by atoms with Crippen LogP contribution >= 0.6 is 0 Å². The molecular formula is C22H42N3O6. The van der Waals surface area contributed by atoms with E-state index >= 15 is 0 Å². The van der Waals surface area contributed by atoms with E-state index in [4.69, 9.17) is 14.2 Å². The predicted molar refractivity (Wildman–Crippen MR) is 119 cm³/mol. The Morgan fingerprint density at radius 2 is 1.26 bits per heavy atom. The molecule has 3 amide bonds. The fraction of sp³-hybridized carbons (Fsp3) is 0.864. The van der Waals surface area contributed by atoms with Crippen molar-refractivity contribution < 1.29 is 28.6 Å². The summed E-state index contributed by atoms with van der Waals surface area (Å²) in [6.07, 6.45) is 0.392. The van der Waals surface area contributed by atoms with Crippen LogP contribution in [-0.2, 0) is 14.2 Å². The van der Waals surface area contributed by atoms with Crippen molar-refractivity contribution >= 4 is 18.3 Å². The van der Waals surface area contributed by atoms with Gasteiger partial charge in [0.2, 0.25) is 0 Å². The van der Waals surface area contributed by atoms with Crippen LogP contribution in [0.25, 0.3) is 0 Å². The highest BCUT2D eigenvalue weighted by Crippen LogP contribution is 2.12. The second-order valence-corrected chi connectivity index (χ2v) is 10.3. The number of nitrogens with one attached hydrogen (secondary N) is 1. The molecule has 0 aromatic rings. The average Bonchev–Trinajstić information content (AvgIpc) is 2.51. The van der Waals surface area contributed by atoms with Crippen molar-refractivity contribution in [2.75, 3.05) is 26.2 Å². The number of rotatable bonds is 9. The largest absolute Gasteiger partial charge is 0.444 e. The molecule has 31 heavy (non-hydrogen) atoms. The molecule has 0 aromatic heterocycles. The third-order valence-electron chi connectivity index (χ3n) is 3.40. The molecule has 0 aliphatic heterocycles. The van der Waals surface area contributed by atoms with E-state index in [1.807, 2.05) is 20.8 Å². The molecule has 0 aromatic carbocycles. The van der Waals surface area contributed by atoms with Gasteiger partial charge in [-0.2, -0.15) is 0 Å². The Morgan fingerprint density at radius 1 is 0.742 bits per heavy atom. The van der Waals surface area contributed by atoms with Gasteiger partial charge in [0.05, 0.1) is 0 Å². The summed E-state index contributed by atoms with van der Waals surface area (Å²) in [6, 6.07) is 0. The monoisotopic (exact) mass is 444 g/mol. The molecule has 0 rings (SSSR count). The van der Waals surface area contributed by atoms with Crippen molar-refractivity contribution in [3.05, 3.63) is 0 Å². The third-order valence-corrected chi connectivity index (χ3v) is 3.40. The van der Waals surface area contributed by atoms with Crippen LogP contribution in [0.2, 0.25) is 0 Å². The maximum absolute atomic E-state index is 12.5. The highest BCUT2D eigenvalue weighted by Gasteiger charge is 2.22. The van der Waals surface area contributed by atoms with Gasteiger partial charge in [-0.1, -0.05) is 0 Å². The maximum atomic E-state index is 12.5. The molecule has 0 unspecified atom stereocenters. The zero-order valence-electron chi connectivity index (χ0n) is 20.8. The van der Waals surface area contributed by atoms with Gasteiger partial charge in [0, 0.05) is 26.2 Å². The van der Waals surface area contributed by atoms with Crippen molar-refractivity contribution in [2.24, 2.45) is 0 Å². The van der Waals surface area contributed by atoms with E-state index < -0.39 is 35.1 Å². The lowest BCUT2D eigenvalue weighted by Crippen LogP contribution is -2.39. The number of carbonyl (C=O) groups is 3. The van der Waals surface area contributed by atoms with Crippen molar-refractivity contribution in [3.8, 4) is 0 Å². The van der Waals surface area contributed by atoms with E-state index in [0.717, 1.165) is 0 Å². The maximum Gasteiger partial charge on any atom is 0.429 e. The Hall–Kier alpha value is -2.19. The van der Waals surface area contributed by atoms with E-state index in [1.54, 1.807) is 46.4 Å². The second kappa shape index (κ2) is 12.6. The van der Waals surface area contributed by atoms with Gasteiger partial charge in [-0.05, 0) is 81.6 Å². The van der Waals surface area contributed by atoms with Gasteiger partial charge in [-0.25, -0.2) is 19.7 Å². The lowest BCUT2D eigenvalue weighted by atomic mass is 10.2. The van der Waals surface area contributed by atoms with Crippen LogP contribution in [0.4, 0.5) is 14.4 Å². The number of amides is 3. The molecule has 1 N–H and O–H groups in total. The van der Waals surface area contributed by atoms with E-state index in [-0.39, 0.29) is 6.54 Å². The van der Waals surface area contributed by atoms with Gasteiger partial charge in [-0.15, -0.1) is 0 Å². The van der Waals surface area contributed by atoms with Crippen LogP contribution in [-0.4, -0.2) is 66.2 Å². The zero-order valence-corrected chi connectivity index (χ0v) is 20.8. The molecule has 0 heterocycles. The van der Waals surface area contributed by atoms with Crippen molar-refractivity contribution in [1.29, 1.82) is 0 Å². The van der Waals surface area contributed by atoms with Crippen molar-refractivity contribution in [2.45, 2.75) is 98.4 Å². The molecule has 9 nitrogen and oxygen atoms in total. The average molecular weight is 445 g/mol. The topological polar surface area (TPSA) is 108 Å². The number of hydrogen-bond donors (Lipinski definition) is 1. The van der Waals surface area contributed by atoms with Gasteiger partial charge < -0.3 is 24.4 Å². The molecule has 0 fully saturated rings. The summed E-state index contributed by atoms with van der Waals surface area (Å²) in [7, 11) is 0. The van der Waals surface area contributed by atoms with Crippen LogP contribution in [0.1, 0.15) is 81.6 Å². The van der Waals surface area contributed by atoms with Crippen LogP contribution in [0.15, 0.2) is 0 Å². The van der Waals surface area contributed by atoms with Gasteiger partial charge in [0.1, 0.15) is 16.8 Å². The normalized spacial score (nSPS) is 12.0. The molecule has 0 atom stereocenters. The van der Waals surface area contributed by atoms with Gasteiger partial charge in [-0.3, -0.25) is 0 Å². The summed E-state index contributed by atoms with van der Waals surface area (Å²) in [6.45, 7) is 17.8. The smallest absolute Gasteiger partial charge is 0.429 e. The minimum absolute atomic E-state index is 0.258. The number of alkyl carbamates (subject to hydrolysis) is 1.